The molecule has 0 aliphatic rings. The second kappa shape index (κ2) is 7.98. The minimum atomic E-state index is -0.539. The van der Waals surface area contributed by atoms with Gasteiger partial charge in [-0.15, -0.1) is 11.3 Å². The number of benzene rings is 1. The molecule has 0 fully saturated rings. The van der Waals surface area contributed by atoms with E-state index in [1.807, 2.05) is 53.4 Å². The van der Waals surface area contributed by atoms with Crippen LogP contribution < -0.4 is 10.1 Å². The van der Waals surface area contributed by atoms with E-state index in [9.17, 15) is 4.79 Å². The molecular weight excluding hydrogens is 334 g/mol. The number of carbonyl (C=O) groups excluding carboxylic acids is 1. The zero-order valence-electron chi connectivity index (χ0n) is 14.3. The number of aromatic nitrogens is 2. The fourth-order valence-electron chi connectivity index (χ4n) is 2.47. The molecule has 25 heavy (non-hydrogen) atoms. The van der Waals surface area contributed by atoms with E-state index in [1.54, 1.807) is 18.3 Å². The average molecular weight is 355 g/mol. The number of amides is 1. The summed E-state index contributed by atoms with van der Waals surface area (Å²) in [5, 5.41) is 9.55. The van der Waals surface area contributed by atoms with Crippen LogP contribution in [0.25, 0.3) is 10.6 Å². The summed E-state index contributed by atoms with van der Waals surface area (Å²) in [6, 6.07) is 15.5. The Balaban J connectivity index is 1.50. The van der Waals surface area contributed by atoms with Gasteiger partial charge in [0.1, 0.15) is 11.4 Å². The summed E-state index contributed by atoms with van der Waals surface area (Å²) in [5.41, 5.74) is 2.05. The maximum absolute atomic E-state index is 12.2. The fraction of sp³-hybridized carbons (Fsp3) is 0.263. The van der Waals surface area contributed by atoms with Crippen molar-refractivity contribution < 1.29 is 9.53 Å². The first-order valence-corrected chi connectivity index (χ1v) is 9.09. The Morgan fingerprint density at radius 2 is 2.08 bits per heavy atom. The van der Waals surface area contributed by atoms with Crippen molar-refractivity contribution in [3.05, 3.63) is 59.6 Å². The first kappa shape index (κ1) is 17.2. The van der Waals surface area contributed by atoms with Gasteiger partial charge in [-0.25, -0.2) is 0 Å². The first-order chi connectivity index (χ1) is 12.1. The van der Waals surface area contributed by atoms with Crippen LogP contribution in [-0.4, -0.2) is 28.3 Å². The van der Waals surface area contributed by atoms with Crippen LogP contribution in [0.4, 0.5) is 0 Å². The quantitative estimate of drug-likeness (QED) is 0.706. The van der Waals surface area contributed by atoms with E-state index in [4.69, 9.17) is 4.74 Å². The number of nitrogens with one attached hydrogen (secondary N) is 1. The van der Waals surface area contributed by atoms with Crippen LogP contribution in [0.2, 0.25) is 0 Å². The van der Waals surface area contributed by atoms with Crippen LogP contribution in [0.3, 0.4) is 0 Å². The van der Waals surface area contributed by atoms with E-state index in [-0.39, 0.29) is 5.91 Å². The predicted octanol–water partition coefficient (Wildman–Crippen LogP) is 3.50. The second-order valence-electron chi connectivity index (χ2n) is 5.74. The SMILES string of the molecule is Cc1cc(-c2cccs2)nn1CCNC(=O)C(C)Oc1ccccc1. The largest absolute Gasteiger partial charge is 0.481 e. The van der Waals surface area contributed by atoms with Crippen molar-refractivity contribution in [3.8, 4) is 16.3 Å². The number of thiophene rings is 1. The van der Waals surface area contributed by atoms with E-state index in [0.29, 0.717) is 18.8 Å². The number of ether oxygens (including phenoxy) is 1. The number of rotatable bonds is 7. The van der Waals surface area contributed by atoms with Gasteiger partial charge in [0.15, 0.2) is 6.10 Å². The second-order valence-corrected chi connectivity index (χ2v) is 6.68. The van der Waals surface area contributed by atoms with Crippen molar-refractivity contribution in [1.82, 2.24) is 15.1 Å². The summed E-state index contributed by atoms with van der Waals surface area (Å²) < 4.78 is 7.54. The number of hydrogen-bond donors (Lipinski definition) is 1. The minimum Gasteiger partial charge on any atom is -0.481 e. The van der Waals surface area contributed by atoms with Crippen molar-refractivity contribution in [2.24, 2.45) is 0 Å². The first-order valence-electron chi connectivity index (χ1n) is 8.21. The van der Waals surface area contributed by atoms with Gasteiger partial charge in [-0.05, 0) is 43.5 Å². The van der Waals surface area contributed by atoms with Crippen LogP contribution in [0.5, 0.6) is 5.75 Å². The molecule has 0 spiro atoms. The van der Waals surface area contributed by atoms with Gasteiger partial charge in [0.2, 0.25) is 0 Å². The lowest BCUT2D eigenvalue weighted by atomic mass is 10.3. The van der Waals surface area contributed by atoms with E-state index in [0.717, 1.165) is 16.3 Å². The Kier molecular flexibility index (Phi) is 5.50. The Hall–Kier alpha value is -2.60. The molecule has 1 N–H and O–H groups in total. The lowest BCUT2D eigenvalue weighted by molar-refractivity contribution is -0.127. The third-order valence-electron chi connectivity index (χ3n) is 3.80. The third kappa shape index (κ3) is 4.48. The molecule has 0 saturated heterocycles. The van der Waals surface area contributed by atoms with E-state index >= 15 is 0 Å². The fourth-order valence-corrected chi connectivity index (χ4v) is 3.15. The topological polar surface area (TPSA) is 56.2 Å². The Bertz CT molecular complexity index is 813. The molecule has 3 rings (SSSR count). The van der Waals surface area contributed by atoms with Crippen LogP contribution in [0.15, 0.2) is 53.9 Å². The van der Waals surface area contributed by atoms with Gasteiger partial charge in [0.25, 0.3) is 5.91 Å². The van der Waals surface area contributed by atoms with Gasteiger partial charge in [-0.2, -0.15) is 5.10 Å². The highest BCUT2D eigenvalue weighted by molar-refractivity contribution is 7.13. The van der Waals surface area contributed by atoms with Crippen LogP contribution >= 0.6 is 11.3 Å². The molecule has 6 heteroatoms. The number of aryl methyl sites for hydroxylation is 1. The number of carbonyl (C=O) groups is 1. The zero-order valence-corrected chi connectivity index (χ0v) is 15.1. The van der Waals surface area contributed by atoms with Gasteiger partial charge >= 0.3 is 0 Å². The molecule has 0 aliphatic heterocycles. The maximum Gasteiger partial charge on any atom is 0.260 e. The highest BCUT2D eigenvalue weighted by atomic mass is 32.1. The molecule has 1 atom stereocenters. The number of hydrogen-bond acceptors (Lipinski definition) is 4. The average Bonchev–Trinajstić information content (AvgIpc) is 3.26. The monoisotopic (exact) mass is 355 g/mol. The van der Waals surface area contributed by atoms with E-state index in [2.05, 4.69) is 22.5 Å². The molecule has 0 saturated carbocycles. The zero-order chi connectivity index (χ0) is 17.6. The van der Waals surface area contributed by atoms with Crippen molar-refractivity contribution in [2.45, 2.75) is 26.5 Å². The highest BCUT2D eigenvalue weighted by Crippen LogP contribution is 2.23. The molecule has 5 nitrogen and oxygen atoms in total. The van der Waals surface area contributed by atoms with Crippen molar-refractivity contribution in [1.29, 1.82) is 0 Å². The van der Waals surface area contributed by atoms with Crippen LogP contribution in [0.1, 0.15) is 12.6 Å². The molecule has 1 amide bonds. The molecule has 0 radical (unpaired) electrons. The summed E-state index contributed by atoms with van der Waals surface area (Å²) >= 11 is 1.67. The van der Waals surface area contributed by atoms with Gasteiger partial charge in [-0.3, -0.25) is 9.48 Å². The Morgan fingerprint density at radius 1 is 1.28 bits per heavy atom. The van der Waals surface area contributed by atoms with Gasteiger partial charge < -0.3 is 10.1 Å². The predicted molar refractivity (Wildman–Crippen MR) is 99.8 cm³/mol. The number of para-hydroxylation sites is 1. The van der Waals surface area contributed by atoms with Crippen LogP contribution in [-0.2, 0) is 11.3 Å². The summed E-state index contributed by atoms with van der Waals surface area (Å²) in [4.78, 5) is 13.3. The summed E-state index contributed by atoms with van der Waals surface area (Å²) in [6.07, 6.45) is -0.539. The summed E-state index contributed by atoms with van der Waals surface area (Å²) in [6.45, 7) is 4.90. The lowest BCUT2D eigenvalue weighted by Gasteiger charge is -2.14. The van der Waals surface area contributed by atoms with Gasteiger partial charge in [-0.1, -0.05) is 24.3 Å². The molecule has 3 aromatic rings. The normalized spacial score (nSPS) is 11.9. The molecule has 1 unspecified atom stereocenters. The molecule has 0 bridgehead atoms. The maximum atomic E-state index is 12.2. The Morgan fingerprint density at radius 3 is 2.80 bits per heavy atom. The molecule has 1 aromatic carbocycles. The third-order valence-corrected chi connectivity index (χ3v) is 4.70. The molecule has 2 heterocycles. The highest BCUT2D eigenvalue weighted by Gasteiger charge is 2.14. The minimum absolute atomic E-state index is 0.132. The van der Waals surface area contributed by atoms with E-state index < -0.39 is 6.10 Å². The number of nitrogens with zero attached hydrogens (tertiary/aromatic N) is 2. The molecule has 130 valence electrons. The molecule has 2 aromatic heterocycles. The summed E-state index contributed by atoms with van der Waals surface area (Å²) in [5.74, 6) is 0.556. The smallest absolute Gasteiger partial charge is 0.260 e. The van der Waals surface area contributed by atoms with Crippen molar-refractivity contribution >= 4 is 17.2 Å². The van der Waals surface area contributed by atoms with Crippen molar-refractivity contribution in [2.75, 3.05) is 6.54 Å². The molecular formula is C19H21N3O2S. The van der Waals surface area contributed by atoms with Gasteiger partial charge in [0.05, 0.1) is 11.4 Å². The Labute approximate surface area is 151 Å². The standard InChI is InChI=1S/C19H21N3O2S/c1-14-13-17(18-9-6-12-25-18)21-22(14)11-10-20-19(23)15(2)24-16-7-4-3-5-8-16/h3-9,12-13,15H,10-11H2,1-2H3,(H,20,23). The molecule has 0 aliphatic carbocycles. The van der Waals surface area contributed by atoms with Crippen LogP contribution in [0, 0.1) is 6.92 Å². The van der Waals surface area contributed by atoms with Crippen molar-refractivity contribution in [3.63, 3.8) is 0 Å². The van der Waals surface area contributed by atoms with E-state index in [1.165, 1.54) is 0 Å². The lowest BCUT2D eigenvalue weighted by Crippen LogP contribution is -2.38. The summed E-state index contributed by atoms with van der Waals surface area (Å²) in [7, 11) is 0. The van der Waals surface area contributed by atoms with Gasteiger partial charge in [0, 0.05) is 12.2 Å².